The van der Waals surface area contributed by atoms with Crippen molar-refractivity contribution in [2.45, 2.75) is 20.3 Å². The molecule has 0 fully saturated rings. The summed E-state index contributed by atoms with van der Waals surface area (Å²) in [6.07, 6.45) is 0.375. The van der Waals surface area contributed by atoms with Crippen molar-refractivity contribution in [3.8, 4) is 5.75 Å². The van der Waals surface area contributed by atoms with Crippen LogP contribution in [0.15, 0.2) is 28.7 Å². The molecule has 1 aromatic heterocycles. The predicted molar refractivity (Wildman–Crippen MR) is 100 cm³/mol. The van der Waals surface area contributed by atoms with E-state index in [9.17, 15) is 4.79 Å². The van der Waals surface area contributed by atoms with Crippen LogP contribution in [-0.4, -0.2) is 45.6 Å². The molecule has 0 atom stereocenters. The Morgan fingerprint density at radius 3 is 2.50 bits per heavy atom. The molecule has 0 radical (unpaired) electrons. The Kier molecular flexibility index (Phi) is 8.53. The Balaban J connectivity index is 1.65. The van der Waals surface area contributed by atoms with E-state index < -0.39 is 0 Å². The summed E-state index contributed by atoms with van der Waals surface area (Å²) in [6, 6.07) is 7.57. The van der Waals surface area contributed by atoms with Crippen LogP contribution in [0.2, 0.25) is 0 Å². The third-order valence-corrected chi connectivity index (χ3v) is 3.77. The van der Waals surface area contributed by atoms with E-state index in [0.717, 1.165) is 16.5 Å². The van der Waals surface area contributed by atoms with E-state index in [0.29, 0.717) is 49.9 Å². The fourth-order valence-corrected chi connectivity index (χ4v) is 2.46. The maximum atomic E-state index is 10.9. The highest BCUT2D eigenvalue weighted by molar-refractivity contribution is 7.71. The summed E-state index contributed by atoms with van der Waals surface area (Å²) in [4.78, 5) is 10.9. The number of rotatable bonds is 11. The van der Waals surface area contributed by atoms with Crippen LogP contribution in [0.1, 0.15) is 18.9 Å². The van der Waals surface area contributed by atoms with Gasteiger partial charge in [-0.15, -0.1) is 0 Å². The molecule has 6 nitrogen and oxygen atoms in total. The normalized spacial score (nSPS) is 10.8. The van der Waals surface area contributed by atoms with Gasteiger partial charge in [-0.2, -0.15) is 0 Å². The highest BCUT2D eigenvalue weighted by atomic mass is 32.1. The van der Waals surface area contributed by atoms with Crippen molar-refractivity contribution >= 4 is 29.2 Å². The Hall–Kier alpha value is -1.96. The molecule has 1 heterocycles. The molecule has 26 heavy (non-hydrogen) atoms. The zero-order chi connectivity index (χ0) is 18.8. The van der Waals surface area contributed by atoms with E-state index in [1.165, 1.54) is 0 Å². The maximum absolute atomic E-state index is 10.9. The molecule has 0 N–H and O–H groups in total. The minimum absolute atomic E-state index is 0.222. The molecule has 0 saturated heterocycles. The monoisotopic (exact) mass is 380 g/mol. The maximum Gasteiger partial charge on any atom is 0.305 e. The lowest BCUT2D eigenvalue weighted by Crippen LogP contribution is -2.14. The zero-order valence-corrected chi connectivity index (χ0v) is 15.9. The molecule has 7 heteroatoms. The van der Waals surface area contributed by atoms with Gasteiger partial charge in [0, 0.05) is 12.5 Å². The second kappa shape index (κ2) is 10.9. The minimum atomic E-state index is -0.222. The largest absolute Gasteiger partial charge is 0.490 e. The summed E-state index contributed by atoms with van der Waals surface area (Å²) in [7, 11) is 0. The number of carbonyl (C=O) groups excluding carboxylic acids is 1. The molecule has 142 valence electrons. The van der Waals surface area contributed by atoms with Gasteiger partial charge >= 0.3 is 5.97 Å². The smallest absolute Gasteiger partial charge is 0.305 e. The SMILES string of the molecule is CCC(=O)OCCOCCOCCOc1cc(=S)oc2c(C)cccc12. The van der Waals surface area contributed by atoms with Crippen LogP contribution in [0.4, 0.5) is 0 Å². The van der Waals surface area contributed by atoms with Gasteiger partial charge in [0.2, 0.25) is 0 Å². The van der Waals surface area contributed by atoms with Crippen LogP contribution in [0.25, 0.3) is 11.0 Å². The lowest BCUT2D eigenvalue weighted by atomic mass is 10.1. The van der Waals surface area contributed by atoms with E-state index in [4.69, 9.17) is 35.6 Å². The highest BCUT2D eigenvalue weighted by Gasteiger charge is 2.07. The molecule has 0 bridgehead atoms. The first-order valence-corrected chi connectivity index (χ1v) is 9.00. The molecule has 2 aromatic rings. The summed E-state index contributed by atoms with van der Waals surface area (Å²) < 4.78 is 27.5. The number of fused-ring (bicyclic) bond motifs is 1. The average Bonchev–Trinajstić information content (AvgIpc) is 2.63. The number of esters is 1. The first-order valence-electron chi connectivity index (χ1n) is 8.59. The third kappa shape index (κ3) is 6.40. The van der Waals surface area contributed by atoms with Crippen LogP contribution in [-0.2, 0) is 19.0 Å². The van der Waals surface area contributed by atoms with Crippen molar-refractivity contribution in [1.82, 2.24) is 0 Å². The molecule has 0 spiro atoms. The van der Waals surface area contributed by atoms with Gasteiger partial charge in [0.25, 0.3) is 0 Å². The molecule has 0 unspecified atom stereocenters. The molecular formula is C19H24O6S. The summed E-state index contributed by atoms with van der Waals surface area (Å²) in [6.45, 7) is 6.07. The minimum Gasteiger partial charge on any atom is -0.490 e. The van der Waals surface area contributed by atoms with Gasteiger partial charge in [-0.1, -0.05) is 19.1 Å². The van der Waals surface area contributed by atoms with Crippen LogP contribution < -0.4 is 4.74 Å². The third-order valence-electron chi connectivity index (χ3n) is 3.57. The number of para-hydroxylation sites is 1. The highest BCUT2D eigenvalue weighted by Crippen LogP contribution is 2.28. The number of carbonyl (C=O) groups is 1. The Morgan fingerprint density at radius 2 is 1.77 bits per heavy atom. The van der Waals surface area contributed by atoms with E-state index in [1.54, 1.807) is 13.0 Å². The molecule has 0 saturated carbocycles. The number of ether oxygens (including phenoxy) is 4. The van der Waals surface area contributed by atoms with Crippen LogP contribution in [0.5, 0.6) is 5.75 Å². The first kappa shape index (κ1) is 20.4. The Bertz CT molecular complexity index is 770. The zero-order valence-electron chi connectivity index (χ0n) is 15.1. The van der Waals surface area contributed by atoms with Gasteiger partial charge in [0.1, 0.15) is 24.5 Å². The van der Waals surface area contributed by atoms with Crippen LogP contribution >= 0.6 is 12.2 Å². The second-order valence-electron chi connectivity index (χ2n) is 5.53. The Labute approximate surface area is 158 Å². The molecule has 2 rings (SSSR count). The standard InChI is InChI=1S/C19H24O6S/c1-3-17(20)24-12-10-22-8-7-21-9-11-23-16-13-18(26)25-19-14(2)5-4-6-15(16)19/h4-6,13H,3,7-12H2,1-2H3. The fraction of sp³-hybridized carbons (Fsp3) is 0.474. The fourth-order valence-electron chi connectivity index (χ4n) is 2.27. The lowest BCUT2D eigenvalue weighted by molar-refractivity contribution is -0.144. The van der Waals surface area contributed by atoms with Gasteiger partial charge in [-0.3, -0.25) is 4.79 Å². The number of benzene rings is 1. The van der Waals surface area contributed by atoms with Gasteiger partial charge in [-0.05, 0) is 30.8 Å². The predicted octanol–water partition coefficient (Wildman–Crippen LogP) is 3.84. The molecular weight excluding hydrogens is 356 g/mol. The van der Waals surface area contributed by atoms with Crippen molar-refractivity contribution in [3.63, 3.8) is 0 Å². The quantitative estimate of drug-likeness (QED) is 0.333. The van der Waals surface area contributed by atoms with Gasteiger partial charge in [0.15, 0.2) is 4.71 Å². The average molecular weight is 380 g/mol. The molecule has 0 aliphatic carbocycles. The van der Waals surface area contributed by atoms with Crippen LogP contribution in [0, 0.1) is 11.6 Å². The summed E-state index contributed by atoms with van der Waals surface area (Å²) in [5, 5.41) is 0.892. The van der Waals surface area contributed by atoms with E-state index >= 15 is 0 Å². The summed E-state index contributed by atoms with van der Waals surface area (Å²) >= 11 is 5.16. The first-order chi connectivity index (χ1) is 12.6. The molecule has 0 aliphatic rings. The molecule has 0 amide bonds. The lowest BCUT2D eigenvalue weighted by Gasteiger charge is -2.10. The van der Waals surface area contributed by atoms with Crippen molar-refractivity contribution < 1.29 is 28.2 Å². The van der Waals surface area contributed by atoms with Gasteiger partial charge in [0.05, 0.1) is 31.8 Å². The molecule has 1 aromatic carbocycles. The van der Waals surface area contributed by atoms with E-state index in [1.807, 2.05) is 25.1 Å². The van der Waals surface area contributed by atoms with Crippen molar-refractivity contribution in [2.24, 2.45) is 0 Å². The Morgan fingerprint density at radius 1 is 1.08 bits per heavy atom. The summed E-state index contributed by atoms with van der Waals surface area (Å²) in [5.41, 5.74) is 1.75. The molecule has 0 aliphatic heterocycles. The summed E-state index contributed by atoms with van der Waals surface area (Å²) in [5.74, 6) is 0.471. The van der Waals surface area contributed by atoms with Crippen molar-refractivity contribution in [2.75, 3.05) is 39.6 Å². The second-order valence-corrected chi connectivity index (χ2v) is 5.93. The van der Waals surface area contributed by atoms with Crippen molar-refractivity contribution in [3.05, 3.63) is 34.5 Å². The van der Waals surface area contributed by atoms with Crippen LogP contribution in [0.3, 0.4) is 0 Å². The number of hydrogen-bond donors (Lipinski definition) is 0. The topological polar surface area (TPSA) is 67.1 Å². The number of aryl methyl sites for hydroxylation is 1. The number of hydrogen-bond acceptors (Lipinski definition) is 7. The van der Waals surface area contributed by atoms with E-state index in [-0.39, 0.29) is 12.6 Å². The van der Waals surface area contributed by atoms with Crippen molar-refractivity contribution in [1.29, 1.82) is 0 Å². The van der Waals surface area contributed by atoms with Gasteiger partial charge < -0.3 is 23.4 Å². The van der Waals surface area contributed by atoms with Gasteiger partial charge in [-0.25, -0.2) is 0 Å². The van der Waals surface area contributed by atoms with E-state index in [2.05, 4.69) is 0 Å².